The van der Waals surface area contributed by atoms with Crippen molar-refractivity contribution in [1.29, 1.82) is 0 Å². The molecule has 0 radical (unpaired) electrons. The van der Waals surface area contributed by atoms with Crippen LogP contribution in [0, 0.1) is 0 Å². The minimum absolute atomic E-state index is 0.442. The van der Waals surface area contributed by atoms with Crippen molar-refractivity contribution in [3.8, 4) is 0 Å². The van der Waals surface area contributed by atoms with E-state index in [0.29, 0.717) is 23.9 Å². The van der Waals surface area contributed by atoms with Gasteiger partial charge in [0.15, 0.2) is 11.6 Å². The van der Waals surface area contributed by atoms with Gasteiger partial charge in [-0.3, -0.25) is 4.68 Å². The molecule has 2 aromatic rings. The van der Waals surface area contributed by atoms with Crippen molar-refractivity contribution in [2.75, 3.05) is 11.1 Å². The highest BCUT2D eigenvalue weighted by Crippen LogP contribution is 2.14. The number of hydrogen-bond donors (Lipinski definition) is 2. The van der Waals surface area contributed by atoms with Crippen molar-refractivity contribution < 1.29 is 4.52 Å². The first-order valence-electron chi connectivity index (χ1n) is 4.04. The van der Waals surface area contributed by atoms with Gasteiger partial charge in [-0.05, 0) is 0 Å². The highest BCUT2D eigenvalue weighted by Gasteiger charge is 2.04. The van der Waals surface area contributed by atoms with E-state index in [1.807, 2.05) is 0 Å². The molecule has 0 bridgehead atoms. The van der Waals surface area contributed by atoms with Gasteiger partial charge in [0, 0.05) is 13.2 Å². The summed E-state index contributed by atoms with van der Waals surface area (Å²) in [7, 11) is 1.80. The lowest BCUT2D eigenvalue weighted by Gasteiger charge is -1.98. The molecule has 14 heavy (non-hydrogen) atoms. The Morgan fingerprint density at radius 2 is 2.50 bits per heavy atom. The van der Waals surface area contributed by atoms with E-state index >= 15 is 0 Å². The maximum Gasteiger partial charge on any atom is 0.213 e. The predicted molar refractivity (Wildman–Crippen MR) is 49.2 cm³/mol. The fraction of sp³-hybridized carbons (Fsp3) is 0.286. The number of hydrogen-bond acceptors (Lipinski definition) is 6. The Morgan fingerprint density at radius 3 is 3.07 bits per heavy atom. The molecule has 74 valence electrons. The normalized spacial score (nSPS) is 10.4. The molecule has 0 fully saturated rings. The number of anilines is 2. The number of aryl methyl sites for hydroxylation is 1. The molecule has 0 saturated heterocycles. The smallest absolute Gasteiger partial charge is 0.213 e. The third-order valence-corrected chi connectivity index (χ3v) is 1.68. The number of nitrogens with one attached hydrogen (secondary N) is 1. The molecule has 3 N–H and O–H groups in total. The second-order valence-corrected chi connectivity index (χ2v) is 2.81. The first-order valence-corrected chi connectivity index (χ1v) is 4.04. The van der Waals surface area contributed by atoms with E-state index in [2.05, 4.69) is 25.1 Å². The SMILES string of the molecule is Cn1cc(N)c(NCc2ncon2)n1. The Bertz CT molecular complexity index is 406. The summed E-state index contributed by atoms with van der Waals surface area (Å²) in [6.07, 6.45) is 3.00. The van der Waals surface area contributed by atoms with Crippen LogP contribution in [0.4, 0.5) is 11.5 Å². The van der Waals surface area contributed by atoms with Gasteiger partial charge < -0.3 is 15.6 Å². The average molecular weight is 194 g/mol. The minimum Gasteiger partial charge on any atom is -0.394 e. The summed E-state index contributed by atoms with van der Waals surface area (Å²) < 4.78 is 6.21. The van der Waals surface area contributed by atoms with Crippen LogP contribution in [-0.4, -0.2) is 19.9 Å². The zero-order valence-electron chi connectivity index (χ0n) is 7.64. The van der Waals surface area contributed by atoms with Crippen LogP contribution in [0.2, 0.25) is 0 Å². The van der Waals surface area contributed by atoms with Crippen molar-refractivity contribution in [2.45, 2.75) is 6.54 Å². The van der Waals surface area contributed by atoms with Crippen LogP contribution >= 0.6 is 0 Å². The monoisotopic (exact) mass is 194 g/mol. The molecule has 0 unspecified atom stereocenters. The Labute approximate surface area is 79.9 Å². The van der Waals surface area contributed by atoms with E-state index in [1.165, 1.54) is 6.39 Å². The van der Waals surface area contributed by atoms with Gasteiger partial charge in [0.25, 0.3) is 0 Å². The number of rotatable bonds is 3. The second kappa shape index (κ2) is 3.36. The van der Waals surface area contributed by atoms with Gasteiger partial charge in [-0.15, -0.1) is 0 Å². The zero-order valence-corrected chi connectivity index (χ0v) is 7.64. The molecule has 0 aromatic carbocycles. The zero-order chi connectivity index (χ0) is 9.97. The lowest BCUT2D eigenvalue weighted by atomic mass is 10.5. The Kier molecular flexibility index (Phi) is 2.05. The largest absolute Gasteiger partial charge is 0.394 e. The van der Waals surface area contributed by atoms with E-state index in [4.69, 9.17) is 5.73 Å². The van der Waals surface area contributed by atoms with Crippen molar-refractivity contribution >= 4 is 11.5 Å². The molecule has 0 atom stereocenters. The Hall–Kier alpha value is -2.05. The van der Waals surface area contributed by atoms with Crippen molar-refractivity contribution in [3.05, 3.63) is 18.4 Å². The van der Waals surface area contributed by atoms with E-state index < -0.39 is 0 Å². The van der Waals surface area contributed by atoms with Gasteiger partial charge in [0.1, 0.15) is 0 Å². The molecular formula is C7H10N6O. The molecule has 0 saturated carbocycles. The van der Waals surface area contributed by atoms with Gasteiger partial charge in [0.05, 0.1) is 12.2 Å². The summed E-state index contributed by atoms with van der Waals surface area (Å²) in [6.45, 7) is 0.442. The van der Waals surface area contributed by atoms with Crippen LogP contribution in [0.25, 0.3) is 0 Å². The highest BCUT2D eigenvalue weighted by molar-refractivity contribution is 5.59. The van der Waals surface area contributed by atoms with Gasteiger partial charge in [-0.1, -0.05) is 5.16 Å². The van der Waals surface area contributed by atoms with E-state index in [9.17, 15) is 0 Å². The fourth-order valence-electron chi connectivity index (χ4n) is 1.08. The quantitative estimate of drug-likeness (QED) is 0.714. The maximum absolute atomic E-state index is 5.67. The molecule has 7 heteroatoms. The standard InChI is InChI=1S/C7H10N6O/c1-13-3-5(8)7(11-13)9-2-6-10-4-14-12-6/h3-4H,2,8H2,1H3,(H,9,11). The molecule has 2 aromatic heterocycles. The van der Waals surface area contributed by atoms with Crippen molar-refractivity contribution in [3.63, 3.8) is 0 Å². The third-order valence-electron chi connectivity index (χ3n) is 1.68. The van der Waals surface area contributed by atoms with Gasteiger partial charge in [-0.2, -0.15) is 10.1 Å². The summed E-state index contributed by atoms with van der Waals surface area (Å²) in [5, 5.41) is 10.7. The molecule has 0 aliphatic rings. The van der Waals surface area contributed by atoms with Gasteiger partial charge in [0.2, 0.25) is 6.39 Å². The first-order chi connectivity index (χ1) is 6.75. The lowest BCUT2D eigenvalue weighted by Crippen LogP contribution is -2.03. The lowest BCUT2D eigenvalue weighted by molar-refractivity contribution is 0.411. The summed E-state index contributed by atoms with van der Waals surface area (Å²) in [5.74, 6) is 1.19. The minimum atomic E-state index is 0.442. The van der Waals surface area contributed by atoms with Gasteiger partial charge >= 0.3 is 0 Å². The molecular weight excluding hydrogens is 184 g/mol. The Balaban J connectivity index is 2.01. The summed E-state index contributed by atoms with van der Waals surface area (Å²) in [6, 6.07) is 0. The van der Waals surface area contributed by atoms with Crippen molar-refractivity contribution in [2.24, 2.45) is 7.05 Å². The van der Waals surface area contributed by atoms with Crippen LogP contribution in [0.1, 0.15) is 5.82 Å². The van der Waals surface area contributed by atoms with Crippen LogP contribution < -0.4 is 11.1 Å². The second-order valence-electron chi connectivity index (χ2n) is 2.81. The molecule has 0 spiro atoms. The summed E-state index contributed by atoms with van der Waals surface area (Å²) in [5.41, 5.74) is 6.26. The third kappa shape index (κ3) is 1.65. The number of aromatic nitrogens is 4. The molecule has 0 amide bonds. The Morgan fingerprint density at radius 1 is 1.64 bits per heavy atom. The van der Waals surface area contributed by atoms with Crippen LogP contribution in [0.3, 0.4) is 0 Å². The van der Waals surface area contributed by atoms with E-state index in [0.717, 1.165) is 0 Å². The number of nitrogens with zero attached hydrogens (tertiary/aromatic N) is 4. The summed E-state index contributed by atoms with van der Waals surface area (Å²) >= 11 is 0. The first kappa shape index (κ1) is 8.54. The van der Waals surface area contributed by atoms with Crippen LogP contribution in [0.15, 0.2) is 17.1 Å². The average Bonchev–Trinajstić information content (AvgIpc) is 2.72. The van der Waals surface area contributed by atoms with Crippen LogP contribution in [0.5, 0.6) is 0 Å². The topological polar surface area (TPSA) is 94.8 Å². The summed E-state index contributed by atoms with van der Waals surface area (Å²) in [4.78, 5) is 3.85. The molecule has 7 nitrogen and oxygen atoms in total. The maximum atomic E-state index is 5.67. The van der Waals surface area contributed by atoms with Gasteiger partial charge in [-0.25, -0.2) is 0 Å². The fourth-order valence-corrected chi connectivity index (χ4v) is 1.08. The number of nitrogens with two attached hydrogens (primary N) is 1. The van der Waals surface area contributed by atoms with Crippen LogP contribution in [-0.2, 0) is 13.6 Å². The van der Waals surface area contributed by atoms with E-state index in [1.54, 1.807) is 17.9 Å². The van der Waals surface area contributed by atoms with Crippen molar-refractivity contribution in [1.82, 2.24) is 19.9 Å². The predicted octanol–water partition coefficient (Wildman–Crippen LogP) is -0.00260. The molecule has 2 rings (SSSR count). The number of nitrogen functional groups attached to an aromatic ring is 1. The van der Waals surface area contributed by atoms with E-state index in [-0.39, 0.29) is 0 Å². The molecule has 0 aliphatic carbocycles. The molecule has 2 heterocycles. The molecule has 0 aliphatic heterocycles. The highest BCUT2D eigenvalue weighted by atomic mass is 16.5.